The van der Waals surface area contributed by atoms with Gasteiger partial charge in [-0.15, -0.1) is 0 Å². The van der Waals surface area contributed by atoms with Crippen molar-refractivity contribution in [2.24, 2.45) is 0 Å². The third-order valence-corrected chi connectivity index (χ3v) is 2.53. The molecule has 0 saturated heterocycles. The van der Waals surface area contributed by atoms with Crippen molar-refractivity contribution in [1.29, 1.82) is 0 Å². The number of ether oxygens (including phenoxy) is 1. The molecule has 0 N–H and O–H groups in total. The molecule has 0 radical (unpaired) electrons. The molecule has 82 valence electrons. The SMILES string of the molecule is CCOC(=O)C[C@H](C)c1ccnc(Br)c1. The monoisotopic (exact) mass is 271 g/mol. The van der Waals surface area contributed by atoms with E-state index >= 15 is 0 Å². The summed E-state index contributed by atoms with van der Waals surface area (Å²) in [6.07, 6.45) is 2.13. The molecule has 0 fully saturated rings. The van der Waals surface area contributed by atoms with E-state index in [9.17, 15) is 4.79 Å². The highest BCUT2D eigenvalue weighted by atomic mass is 79.9. The standard InChI is InChI=1S/C11H14BrNO2/c1-3-15-11(14)6-8(2)9-4-5-13-10(12)7-9/h4-5,7-8H,3,6H2,1-2H3/t8-/m0/s1. The van der Waals surface area contributed by atoms with Gasteiger partial charge in [0.15, 0.2) is 0 Å². The van der Waals surface area contributed by atoms with Crippen LogP contribution in [0.2, 0.25) is 0 Å². The molecule has 0 unspecified atom stereocenters. The van der Waals surface area contributed by atoms with E-state index in [1.54, 1.807) is 6.20 Å². The maximum atomic E-state index is 11.3. The molecule has 1 aromatic rings. The number of nitrogens with zero attached hydrogens (tertiary/aromatic N) is 1. The van der Waals surface area contributed by atoms with Crippen molar-refractivity contribution in [3.63, 3.8) is 0 Å². The highest BCUT2D eigenvalue weighted by Crippen LogP contribution is 2.21. The first-order valence-electron chi connectivity index (χ1n) is 4.90. The average Bonchev–Trinajstić information content (AvgIpc) is 2.18. The maximum absolute atomic E-state index is 11.3. The van der Waals surface area contributed by atoms with Crippen LogP contribution in [0.4, 0.5) is 0 Å². The second-order valence-electron chi connectivity index (χ2n) is 3.32. The van der Waals surface area contributed by atoms with Crippen LogP contribution in [0, 0.1) is 0 Å². The molecule has 0 aliphatic rings. The minimum Gasteiger partial charge on any atom is -0.466 e. The molecule has 3 nitrogen and oxygen atoms in total. The topological polar surface area (TPSA) is 39.2 Å². The highest BCUT2D eigenvalue weighted by Gasteiger charge is 2.12. The van der Waals surface area contributed by atoms with E-state index in [0.717, 1.165) is 10.2 Å². The number of hydrogen-bond acceptors (Lipinski definition) is 3. The molecule has 1 aromatic heterocycles. The van der Waals surface area contributed by atoms with Gasteiger partial charge in [-0.25, -0.2) is 4.98 Å². The molecule has 0 saturated carbocycles. The smallest absolute Gasteiger partial charge is 0.306 e. The molecule has 1 rings (SSSR count). The van der Waals surface area contributed by atoms with Crippen molar-refractivity contribution in [1.82, 2.24) is 4.98 Å². The lowest BCUT2D eigenvalue weighted by molar-refractivity contribution is -0.143. The van der Waals surface area contributed by atoms with Gasteiger partial charge in [-0.3, -0.25) is 4.79 Å². The Kier molecular flexibility index (Phi) is 4.75. The molecule has 0 aromatic carbocycles. The summed E-state index contributed by atoms with van der Waals surface area (Å²) >= 11 is 3.30. The summed E-state index contributed by atoms with van der Waals surface area (Å²) in [6, 6.07) is 3.83. The van der Waals surface area contributed by atoms with Crippen LogP contribution in [0.25, 0.3) is 0 Å². The summed E-state index contributed by atoms with van der Waals surface area (Å²) in [6.45, 7) is 4.25. The second-order valence-corrected chi connectivity index (χ2v) is 4.13. The fourth-order valence-electron chi connectivity index (χ4n) is 1.31. The maximum Gasteiger partial charge on any atom is 0.306 e. The van der Waals surface area contributed by atoms with Gasteiger partial charge in [-0.05, 0) is 46.5 Å². The van der Waals surface area contributed by atoms with Crippen LogP contribution in [-0.4, -0.2) is 17.6 Å². The van der Waals surface area contributed by atoms with Crippen molar-refractivity contribution in [3.8, 4) is 0 Å². The third-order valence-electron chi connectivity index (χ3n) is 2.10. The van der Waals surface area contributed by atoms with Gasteiger partial charge in [0.1, 0.15) is 4.60 Å². The summed E-state index contributed by atoms with van der Waals surface area (Å²) in [5.74, 6) is 0.00119. The van der Waals surface area contributed by atoms with Crippen LogP contribution in [0.1, 0.15) is 31.7 Å². The van der Waals surface area contributed by atoms with Gasteiger partial charge in [0.2, 0.25) is 0 Å². The zero-order chi connectivity index (χ0) is 11.3. The van der Waals surface area contributed by atoms with Crippen LogP contribution in [0.5, 0.6) is 0 Å². The number of halogens is 1. The van der Waals surface area contributed by atoms with Crippen LogP contribution in [0.15, 0.2) is 22.9 Å². The fraction of sp³-hybridized carbons (Fsp3) is 0.455. The van der Waals surface area contributed by atoms with E-state index in [1.165, 1.54) is 0 Å². The van der Waals surface area contributed by atoms with Crippen LogP contribution < -0.4 is 0 Å². The van der Waals surface area contributed by atoms with Gasteiger partial charge in [0.05, 0.1) is 13.0 Å². The normalized spacial score (nSPS) is 12.2. The molecule has 0 aliphatic carbocycles. The molecular formula is C11H14BrNO2. The summed E-state index contributed by atoms with van der Waals surface area (Å²) in [7, 11) is 0. The van der Waals surface area contributed by atoms with Crippen molar-refractivity contribution in [3.05, 3.63) is 28.5 Å². The number of carbonyl (C=O) groups excluding carboxylic acids is 1. The molecular weight excluding hydrogens is 258 g/mol. The van der Waals surface area contributed by atoms with E-state index < -0.39 is 0 Å². The molecule has 4 heteroatoms. The number of aromatic nitrogens is 1. The summed E-state index contributed by atoms with van der Waals surface area (Å²) in [5, 5.41) is 0. The fourth-order valence-corrected chi connectivity index (χ4v) is 1.69. The van der Waals surface area contributed by atoms with Crippen molar-refractivity contribution < 1.29 is 9.53 Å². The first-order chi connectivity index (χ1) is 7.13. The zero-order valence-corrected chi connectivity index (χ0v) is 10.5. The minimum absolute atomic E-state index is 0.155. The molecule has 1 heterocycles. The predicted molar refractivity (Wildman–Crippen MR) is 61.6 cm³/mol. The summed E-state index contributed by atoms with van der Waals surface area (Å²) < 4.78 is 5.69. The van der Waals surface area contributed by atoms with Gasteiger partial charge in [0.25, 0.3) is 0 Å². The van der Waals surface area contributed by atoms with Gasteiger partial charge in [0, 0.05) is 6.20 Å². The first kappa shape index (κ1) is 12.2. The van der Waals surface area contributed by atoms with Gasteiger partial charge >= 0.3 is 5.97 Å². The highest BCUT2D eigenvalue weighted by molar-refractivity contribution is 9.10. The summed E-state index contributed by atoms with van der Waals surface area (Å²) in [5.41, 5.74) is 1.09. The Balaban J connectivity index is 2.60. The van der Waals surface area contributed by atoms with Crippen molar-refractivity contribution >= 4 is 21.9 Å². The van der Waals surface area contributed by atoms with Crippen LogP contribution in [0.3, 0.4) is 0 Å². The predicted octanol–water partition coefficient (Wildman–Crippen LogP) is 2.90. The lowest BCUT2D eigenvalue weighted by Gasteiger charge is -2.10. The molecule has 0 aliphatic heterocycles. The van der Waals surface area contributed by atoms with Gasteiger partial charge in [-0.2, -0.15) is 0 Å². The van der Waals surface area contributed by atoms with Gasteiger partial charge < -0.3 is 4.74 Å². The Bertz CT molecular complexity index is 341. The van der Waals surface area contributed by atoms with E-state index in [4.69, 9.17) is 4.74 Å². The third kappa shape index (κ3) is 4.00. The Morgan fingerprint density at radius 2 is 2.40 bits per heavy atom. The molecule has 15 heavy (non-hydrogen) atoms. The first-order valence-corrected chi connectivity index (χ1v) is 5.70. The van der Waals surface area contributed by atoms with Crippen molar-refractivity contribution in [2.45, 2.75) is 26.2 Å². The van der Waals surface area contributed by atoms with Crippen LogP contribution in [-0.2, 0) is 9.53 Å². The largest absolute Gasteiger partial charge is 0.466 e. The van der Waals surface area contributed by atoms with E-state index in [2.05, 4.69) is 20.9 Å². The Morgan fingerprint density at radius 1 is 1.67 bits per heavy atom. The Labute approximate surface area is 98.0 Å². The van der Waals surface area contributed by atoms with E-state index in [0.29, 0.717) is 13.0 Å². The average molecular weight is 272 g/mol. The summed E-state index contributed by atoms with van der Waals surface area (Å²) in [4.78, 5) is 15.3. The molecule has 1 atom stereocenters. The van der Waals surface area contributed by atoms with Crippen LogP contribution >= 0.6 is 15.9 Å². The Morgan fingerprint density at radius 3 is 3.00 bits per heavy atom. The number of hydrogen-bond donors (Lipinski definition) is 0. The quantitative estimate of drug-likeness (QED) is 0.625. The number of rotatable bonds is 4. The molecule has 0 spiro atoms. The Hall–Kier alpha value is -0.900. The van der Waals surface area contributed by atoms with Crippen molar-refractivity contribution in [2.75, 3.05) is 6.61 Å². The molecule has 0 bridgehead atoms. The van der Waals surface area contributed by atoms with E-state index in [1.807, 2.05) is 26.0 Å². The zero-order valence-electron chi connectivity index (χ0n) is 8.87. The minimum atomic E-state index is -0.155. The lowest BCUT2D eigenvalue weighted by atomic mass is 9.99. The number of pyridine rings is 1. The number of carbonyl (C=O) groups is 1. The molecule has 0 amide bonds. The van der Waals surface area contributed by atoms with Gasteiger partial charge in [-0.1, -0.05) is 6.92 Å². The number of esters is 1. The second kappa shape index (κ2) is 5.85. The van der Waals surface area contributed by atoms with E-state index in [-0.39, 0.29) is 11.9 Å². The lowest BCUT2D eigenvalue weighted by Crippen LogP contribution is -2.08.